The van der Waals surface area contributed by atoms with E-state index in [2.05, 4.69) is 20.8 Å². The van der Waals surface area contributed by atoms with Crippen LogP contribution < -0.4 is 4.84 Å². The molecule has 0 radical (unpaired) electrons. The molecular formula is C15H23NO2. The molecule has 1 heterocycles. The predicted molar refractivity (Wildman–Crippen MR) is 71.3 cm³/mol. The summed E-state index contributed by atoms with van der Waals surface area (Å²) in [6, 6.07) is 3.93. The lowest BCUT2D eigenvalue weighted by Gasteiger charge is -2.23. The van der Waals surface area contributed by atoms with Crippen LogP contribution in [0.4, 0.5) is 0 Å². The molecule has 0 aromatic carbocycles. The van der Waals surface area contributed by atoms with Crippen molar-refractivity contribution in [2.75, 3.05) is 0 Å². The van der Waals surface area contributed by atoms with Gasteiger partial charge in [0.2, 0.25) is 0 Å². The molecule has 1 aromatic rings. The summed E-state index contributed by atoms with van der Waals surface area (Å²) < 4.78 is 1.64. The van der Waals surface area contributed by atoms with Gasteiger partial charge in [-0.2, -0.15) is 4.73 Å². The lowest BCUT2D eigenvalue weighted by Crippen LogP contribution is -2.31. The standard InChI is InChI=1S/C15H23NO2/c1-15(2,3)13-10-7-11-16(13)18-14(17)12-8-5-4-6-9-12/h7,10-12H,4-6,8-9H2,1-3H3. The van der Waals surface area contributed by atoms with E-state index in [0.29, 0.717) is 0 Å². The Morgan fingerprint density at radius 2 is 1.94 bits per heavy atom. The van der Waals surface area contributed by atoms with Crippen molar-refractivity contribution in [1.29, 1.82) is 0 Å². The monoisotopic (exact) mass is 249 g/mol. The van der Waals surface area contributed by atoms with Gasteiger partial charge in [-0.1, -0.05) is 40.0 Å². The lowest BCUT2D eigenvalue weighted by molar-refractivity contribution is -0.150. The van der Waals surface area contributed by atoms with Crippen LogP contribution in [0.25, 0.3) is 0 Å². The van der Waals surface area contributed by atoms with Gasteiger partial charge in [-0.15, -0.1) is 0 Å². The SMILES string of the molecule is CC(C)(C)c1cccn1OC(=O)C1CCCCC1. The van der Waals surface area contributed by atoms with E-state index in [1.54, 1.807) is 4.73 Å². The van der Waals surface area contributed by atoms with E-state index in [-0.39, 0.29) is 17.3 Å². The average molecular weight is 249 g/mol. The van der Waals surface area contributed by atoms with Crippen molar-refractivity contribution in [1.82, 2.24) is 4.73 Å². The van der Waals surface area contributed by atoms with Gasteiger partial charge in [0, 0.05) is 11.6 Å². The fourth-order valence-corrected chi connectivity index (χ4v) is 2.54. The van der Waals surface area contributed by atoms with Gasteiger partial charge in [-0.3, -0.25) is 0 Å². The molecule has 0 saturated heterocycles. The summed E-state index contributed by atoms with van der Waals surface area (Å²) in [6.07, 6.45) is 7.33. The van der Waals surface area contributed by atoms with Gasteiger partial charge in [-0.25, -0.2) is 4.79 Å². The minimum absolute atomic E-state index is 0.0175. The Kier molecular flexibility index (Phi) is 3.79. The van der Waals surface area contributed by atoms with Crippen molar-refractivity contribution < 1.29 is 9.63 Å². The summed E-state index contributed by atoms with van der Waals surface area (Å²) in [5.41, 5.74) is 1.02. The highest BCUT2D eigenvalue weighted by Gasteiger charge is 2.25. The van der Waals surface area contributed by atoms with E-state index in [0.717, 1.165) is 31.4 Å². The smallest absolute Gasteiger partial charge is 0.335 e. The molecule has 1 saturated carbocycles. The molecule has 2 rings (SSSR count). The molecule has 100 valence electrons. The second-order valence-electron chi connectivity index (χ2n) is 6.21. The second kappa shape index (κ2) is 5.17. The zero-order chi connectivity index (χ0) is 13.2. The van der Waals surface area contributed by atoms with Crippen molar-refractivity contribution in [2.45, 2.75) is 58.3 Å². The van der Waals surface area contributed by atoms with E-state index >= 15 is 0 Å². The van der Waals surface area contributed by atoms with Crippen LogP contribution in [-0.2, 0) is 10.2 Å². The molecule has 0 bridgehead atoms. The number of hydrogen-bond donors (Lipinski definition) is 0. The number of rotatable bonds is 2. The van der Waals surface area contributed by atoms with E-state index < -0.39 is 0 Å². The molecule has 1 aliphatic carbocycles. The fourth-order valence-electron chi connectivity index (χ4n) is 2.54. The summed E-state index contributed by atoms with van der Waals surface area (Å²) in [5, 5.41) is 0. The Hall–Kier alpha value is -1.25. The van der Waals surface area contributed by atoms with E-state index in [4.69, 9.17) is 4.84 Å². The molecule has 0 spiro atoms. The molecule has 0 atom stereocenters. The van der Waals surface area contributed by atoms with Crippen LogP contribution in [0.15, 0.2) is 18.3 Å². The summed E-state index contributed by atoms with van der Waals surface area (Å²) in [5.74, 6) is 0.0189. The minimum Gasteiger partial charge on any atom is -0.337 e. The Bertz CT molecular complexity index is 408. The maximum absolute atomic E-state index is 12.1. The third kappa shape index (κ3) is 2.95. The third-order valence-electron chi connectivity index (χ3n) is 3.61. The molecule has 0 unspecified atom stereocenters. The number of carbonyl (C=O) groups excluding carboxylic acids is 1. The van der Waals surface area contributed by atoms with Crippen LogP contribution >= 0.6 is 0 Å². The summed E-state index contributed by atoms with van der Waals surface area (Å²) in [4.78, 5) is 17.6. The first-order valence-electron chi connectivity index (χ1n) is 6.88. The number of nitrogens with zero attached hydrogens (tertiary/aromatic N) is 1. The van der Waals surface area contributed by atoms with Crippen molar-refractivity contribution in [3.05, 3.63) is 24.0 Å². The van der Waals surface area contributed by atoms with Crippen LogP contribution in [-0.4, -0.2) is 10.7 Å². The largest absolute Gasteiger partial charge is 0.337 e. The van der Waals surface area contributed by atoms with Gasteiger partial charge in [0.1, 0.15) is 0 Å². The van der Waals surface area contributed by atoms with E-state index in [9.17, 15) is 4.79 Å². The number of carbonyl (C=O) groups is 1. The fraction of sp³-hybridized carbons (Fsp3) is 0.667. The van der Waals surface area contributed by atoms with Crippen molar-refractivity contribution in [2.24, 2.45) is 5.92 Å². The first kappa shape index (κ1) is 13.2. The van der Waals surface area contributed by atoms with Crippen LogP contribution in [0.3, 0.4) is 0 Å². The predicted octanol–water partition coefficient (Wildman–Crippen LogP) is 3.32. The molecule has 1 aromatic heterocycles. The Balaban J connectivity index is 2.05. The normalized spacial score (nSPS) is 17.7. The molecule has 0 N–H and O–H groups in total. The first-order chi connectivity index (χ1) is 8.48. The molecular weight excluding hydrogens is 226 g/mol. The maximum atomic E-state index is 12.1. The zero-order valence-corrected chi connectivity index (χ0v) is 11.6. The summed E-state index contributed by atoms with van der Waals surface area (Å²) >= 11 is 0. The van der Waals surface area contributed by atoms with E-state index in [1.165, 1.54) is 6.42 Å². The van der Waals surface area contributed by atoms with Crippen LogP contribution in [0, 0.1) is 5.92 Å². The quantitative estimate of drug-likeness (QED) is 0.805. The van der Waals surface area contributed by atoms with Crippen molar-refractivity contribution in [3.63, 3.8) is 0 Å². The van der Waals surface area contributed by atoms with Gasteiger partial charge in [0.25, 0.3) is 0 Å². The number of aromatic nitrogens is 1. The number of hydrogen-bond acceptors (Lipinski definition) is 2. The Labute approximate surface area is 109 Å². The van der Waals surface area contributed by atoms with Crippen molar-refractivity contribution >= 4 is 5.97 Å². The van der Waals surface area contributed by atoms with Gasteiger partial charge in [0.05, 0.1) is 11.6 Å². The molecule has 3 nitrogen and oxygen atoms in total. The highest BCUT2D eigenvalue weighted by molar-refractivity contribution is 5.72. The average Bonchev–Trinajstić information content (AvgIpc) is 2.78. The zero-order valence-electron chi connectivity index (χ0n) is 11.6. The summed E-state index contributed by atoms with van der Waals surface area (Å²) in [6.45, 7) is 6.35. The topological polar surface area (TPSA) is 31.2 Å². The van der Waals surface area contributed by atoms with Crippen molar-refractivity contribution in [3.8, 4) is 0 Å². The first-order valence-corrected chi connectivity index (χ1v) is 6.88. The molecule has 1 aliphatic rings. The van der Waals surface area contributed by atoms with Crippen LogP contribution in [0.5, 0.6) is 0 Å². The lowest BCUT2D eigenvalue weighted by atomic mass is 9.89. The summed E-state index contributed by atoms with van der Waals surface area (Å²) in [7, 11) is 0. The molecule has 1 fully saturated rings. The van der Waals surface area contributed by atoms with Gasteiger partial charge in [0.15, 0.2) is 0 Å². The van der Waals surface area contributed by atoms with E-state index in [1.807, 2.05) is 18.3 Å². The molecule has 18 heavy (non-hydrogen) atoms. The Morgan fingerprint density at radius 1 is 1.28 bits per heavy atom. The van der Waals surface area contributed by atoms with Gasteiger partial charge >= 0.3 is 5.97 Å². The molecule has 0 amide bonds. The van der Waals surface area contributed by atoms with Crippen LogP contribution in [0.2, 0.25) is 0 Å². The highest BCUT2D eigenvalue weighted by atomic mass is 16.7. The Morgan fingerprint density at radius 3 is 2.56 bits per heavy atom. The second-order valence-corrected chi connectivity index (χ2v) is 6.21. The van der Waals surface area contributed by atoms with Gasteiger partial charge in [-0.05, 0) is 25.0 Å². The maximum Gasteiger partial charge on any atom is 0.335 e. The molecule has 0 aliphatic heterocycles. The minimum atomic E-state index is -0.0728. The van der Waals surface area contributed by atoms with Crippen LogP contribution in [0.1, 0.15) is 58.6 Å². The third-order valence-corrected chi connectivity index (χ3v) is 3.61. The highest BCUT2D eigenvalue weighted by Crippen LogP contribution is 2.25. The molecule has 3 heteroatoms. The van der Waals surface area contributed by atoms with Gasteiger partial charge < -0.3 is 4.84 Å².